The molecule has 1 amide bonds. The lowest BCUT2D eigenvalue weighted by molar-refractivity contribution is 0.103. The molecule has 0 aliphatic rings. The van der Waals surface area contributed by atoms with Crippen molar-refractivity contribution in [3.8, 4) is 0 Å². The summed E-state index contributed by atoms with van der Waals surface area (Å²) in [4.78, 5) is 18.6. The summed E-state index contributed by atoms with van der Waals surface area (Å²) in [6, 6.07) is 9.86. The van der Waals surface area contributed by atoms with E-state index in [2.05, 4.69) is 39.8 Å². The molecule has 0 spiro atoms. The Hall–Kier alpha value is -1.67. The lowest BCUT2D eigenvalue weighted by Gasteiger charge is -2.08. The average Bonchev–Trinajstić information content (AvgIpc) is 2.87. The van der Waals surface area contributed by atoms with Gasteiger partial charge in [0.25, 0.3) is 5.91 Å². The van der Waals surface area contributed by atoms with Gasteiger partial charge in [0, 0.05) is 20.3 Å². The van der Waals surface area contributed by atoms with Gasteiger partial charge in [0.2, 0.25) is 0 Å². The molecule has 2 heterocycles. The highest BCUT2D eigenvalue weighted by Gasteiger charge is 2.18. The van der Waals surface area contributed by atoms with E-state index in [1.807, 2.05) is 37.3 Å². The van der Waals surface area contributed by atoms with Crippen LogP contribution in [0.15, 0.2) is 30.3 Å². The Morgan fingerprint density at radius 3 is 2.83 bits per heavy atom. The molecule has 0 unspecified atom stereocenters. The minimum atomic E-state index is -0.183. The highest BCUT2D eigenvalue weighted by atomic mass is 127. The fourth-order valence-electron chi connectivity index (χ4n) is 2.55. The molecule has 0 aliphatic heterocycles. The van der Waals surface area contributed by atoms with Crippen molar-refractivity contribution in [1.29, 1.82) is 0 Å². The van der Waals surface area contributed by atoms with E-state index < -0.39 is 0 Å². The summed E-state index contributed by atoms with van der Waals surface area (Å²) in [5, 5.41) is 3.81. The largest absolute Gasteiger partial charge is 0.397 e. The Balaban J connectivity index is 1.93. The second kappa shape index (κ2) is 7.06. The molecule has 3 N–H and O–H groups in total. The summed E-state index contributed by atoms with van der Waals surface area (Å²) < 4.78 is 1.14. The van der Waals surface area contributed by atoms with Gasteiger partial charge in [0.05, 0.1) is 5.69 Å². The van der Waals surface area contributed by atoms with Crippen LogP contribution in [0.3, 0.4) is 0 Å². The zero-order valence-corrected chi connectivity index (χ0v) is 16.5. The Morgan fingerprint density at radius 1 is 1.33 bits per heavy atom. The number of halogens is 1. The van der Waals surface area contributed by atoms with Gasteiger partial charge in [0.15, 0.2) is 0 Å². The summed E-state index contributed by atoms with van der Waals surface area (Å²) >= 11 is 3.60. The maximum atomic E-state index is 12.6. The molecule has 4 nitrogen and oxygen atoms in total. The number of rotatable bonds is 4. The number of anilines is 2. The molecule has 1 aromatic carbocycles. The van der Waals surface area contributed by atoms with Crippen LogP contribution in [0.2, 0.25) is 0 Å². The minimum absolute atomic E-state index is 0.183. The van der Waals surface area contributed by atoms with E-state index >= 15 is 0 Å². The standard InChI is InChI=1S/C18H18IN3OS/c1-3-4-12-6-7-13-15(20)16(24-18(13)21-12)17(23)22-14-8-5-11(19)9-10(14)2/h5-9H,3-4,20H2,1-2H3,(H,22,23). The molecule has 6 heteroatoms. The molecule has 24 heavy (non-hydrogen) atoms. The number of aromatic nitrogens is 1. The molecule has 0 fully saturated rings. The van der Waals surface area contributed by atoms with Crippen LogP contribution < -0.4 is 11.1 Å². The molecule has 0 radical (unpaired) electrons. The van der Waals surface area contributed by atoms with E-state index in [0.717, 1.165) is 43.6 Å². The molecule has 2 aromatic heterocycles. The van der Waals surface area contributed by atoms with Crippen LogP contribution in [-0.4, -0.2) is 10.9 Å². The van der Waals surface area contributed by atoms with Crippen LogP contribution in [0.5, 0.6) is 0 Å². The first-order chi connectivity index (χ1) is 11.5. The first-order valence-corrected chi connectivity index (χ1v) is 9.64. The number of hydrogen-bond donors (Lipinski definition) is 2. The van der Waals surface area contributed by atoms with Crippen LogP contribution in [-0.2, 0) is 6.42 Å². The van der Waals surface area contributed by atoms with Gasteiger partial charge in [-0.25, -0.2) is 4.98 Å². The van der Waals surface area contributed by atoms with Crippen LogP contribution in [0.25, 0.3) is 10.2 Å². The first kappa shape index (κ1) is 17.2. The zero-order chi connectivity index (χ0) is 17.3. The van der Waals surface area contributed by atoms with Crippen molar-refractivity contribution in [2.45, 2.75) is 26.7 Å². The molecular formula is C18H18IN3OS. The number of pyridine rings is 1. The van der Waals surface area contributed by atoms with E-state index in [4.69, 9.17) is 5.73 Å². The Kier molecular flexibility index (Phi) is 5.05. The van der Waals surface area contributed by atoms with Crippen molar-refractivity contribution in [1.82, 2.24) is 4.98 Å². The summed E-state index contributed by atoms with van der Waals surface area (Å²) in [5.74, 6) is -0.183. The molecular weight excluding hydrogens is 433 g/mol. The first-order valence-electron chi connectivity index (χ1n) is 7.75. The summed E-state index contributed by atoms with van der Waals surface area (Å²) in [5.41, 5.74) is 9.56. The van der Waals surface area contributed by atoms with Crippen molar-refractivity contribution < 1.29 is 4.79 Å². The van der Waals surface area contributed by atoms with Gasteiger partial charge >= 0.3 is 0 Å². The number of carbonyl (C=O) groups excluding carboxylic acids is 1. The summed E-state index contributed by atoms with van der Waals surface area (Å²) in [6.07, 6.45) is 1.97. The van der Waals surface area contributed by atoms with Gasteiger partial charge < -0.3 is 11.1 Å². The SMILES string of the molecule is CCCc1ccc2c(N)c(C(=O)Nc3ccc(I)cc3C)sc2n1. The van der Waals surface area contributed by atoms with Crippen molar-refractivity contribution in [3.63, 3.8) is 0 Å². The highest BCUT2D eigenvalue weighted by molar-refractivity contribution is 14.1. The van der Waals surface area contributed by atoms with Gasteiger partial charge in [-0.05, 0) is 71.8 Å². The number of hydrogen-bond acceptors (Lipinski definition) is 4. The third kappa shape index (κ3) is 3.39. The number of nitrogens with two attached hydrogens (primary N) is 1. The number of amides is 1. The second-order valence-electron chi connectivity index (χ2n) is 5.66. The number of thiophene rings is 1. The second-order valence-corrected chi connectivity index (χ2v) is 7.91. The lowest BCUT2D eigenvalue weighted by atomic mass is 10.2. The number of nitrogens with zero attached hydrogens (tertiary/aromatic N) is 1. The normalized spacial score (nSPS) is 11.0. The molecule has 0 bridgehead atoms. The number of fused-ring (bicyclic) bond motifs is 1. The predicted molar refractivity (Wildman–Crippen MR) is 110 cm³/mol. The smallest absolute Gasteiger partial charge is 0.267 e. The van der Waals surface area contributed by atoms with Gasteiger partial charge in [-0.2, -0.15) is 0 Å². The number of carbonyl (C=O) groups is 1. The Bertz CT molecular complexity index is 920. The lowest BCUT2D eigenvalue weighted by Crippen LogP contribution is -2.12. The third-order valence-electron chi connectivity index (χ3n) is 3.80. The van der Waals surface area contributed by atoms with Crippen molar-refractivity contribution in [3.05, 3.63) is 50.0 Å². The van der Waals surface area contributed by atoms with E-state index in [9.17, 15) is 4.79 Å². The van der Waals surface area contributed by atoms with Gasteiger partial charge in [-0.3, -0.25) is 4.79 Å². The number of aryl methyl sites for hydroxylation is 2. The highest BCUT2D eigenvalue weighted by Crippen LogP contribution is 2.33. The summed E-state index contributed by atoms with van der Waals surface area (Å²) in [7, 11) is 0. The van der Waals surface area contributed by atoms with Gasteiger partial charge in [-0.15, -0.1) is 11.3 Å². The quantitative estimate of drug-likeness (QED) is 0.549. The molecule has 3 rings (SSSR count). The molecule has 124 valence electrons. The number of nitrogen functional groups attached to an aromatic ring is 1. The predicted octanol–water partition coefficient (Wildman–Crippen LogP) is 5.00. The van der Waals surface area contributed by atoms with Crippen molar-refractivity contribution in [2.75, 3.05) is 11.1 Å². The molecule has 0 aliphatic carbocycles. The van der Waals surface area contributed by atoms with Crippen molar-refractivity contribution in [2.24, 2.45) is 0 Å². The minimum Gasteiger partial charge on any atom is -0.397 e. The van der Waals surface area contributed by atoms with Gasteiger partial charge in [-0.1, -0.05) is 13.3 Å². The van der Waals surface area contributed by atoms with Crippen LogP contribution in [0, 0.1) is 10.5 Å². The average molecular weight is 451 g/mol. The zero-order valence-electron chi connectivity index (χ0n) is 13.5. The molecule has 0 saturated carbocycles. The topological polar surface area (TPSA) is 68.0 Å². The molecule has 0 atom stereocenters. The van der Waals surface area contributed by atoms with E-state index in [-0.39, 0.29) is 5.91 Å². The van der Waals surface area contributed by atoms with E-state index in [0.29, 0.717) is 10.6 Å². The van der Waals surface area contributed by atoms with E-state index in [1.165, 1.54) is 11.3 Å². The summed E-state index contributed by atoms with van der Waals surface area (Å²) in [6.45, 7) is 4.10. The molecule has 0 saturated heterocycles. The maximum Gasteiger partial charge on any atom is 0.267 e. The molecule has 3 aromatic rings. The number of benzene rings is 1. The van der Waals surface area contributed by atoms with Crippen LogP contribution in [0.1, 0.15) is 34.3 Å². The fourth-order valence-corrected chi connectivity index (χ4v) is 4.20. The van der Waals surface area contributed by atoms with Gasteiger partial charge in [0.1, 0.15) is 9.71 Å². The van der Waals surface area contributed by atoms with Crippen molar-refractivity contribution >= 4 is 61.4 Å². The van der Waals surface area contributed by atoms with Crippen LogP contribution >= 0.6 is 33.9 Å². The Labute approximate surface area is 158 Å². The van der Waals surface area contributed by atoms with Crippen LogP contribution in [0.4, 0.5) is 11.4 Å². The third-order valence-corrected chi connectivity index (χ3v) is 5.59. The number of nitrogens with one attached hydrogen (secondary N) is 1. The Morgan fingerprint density at radius 2 is 2.12 bits per heavy atom. The maximum absolute atomic E-state index is 12.6. The monoisotopic (exact) mass is 451 g/mol. The van der Waals surface area contributed by atoms with E-state index in [1.54, 1.807) is 0 Å². The fraction of sp³-hybridized carbons (Fsp3) is 0.222.